The molecule has 3 aromatic carbocycles. The van der Waals surface area contributed by atoms with E-state index in [9.17, 15) is 9.59 Å². The molecule has 0 spiro atoms. The zero-order valence-corrected chi connectivity index (χ0v) is 22.8. The number of para-hydroxylation sites is 1. The number of benzene rings is 3. The highest BCUT2D eigenvalue weighted by Crippen LogP contribution is 2.30. The summed E-state index contributed by atoms with van der Waals surface area (Å²) in [6.07, 6.45) is 0.923. The monoisotopic (exact) mass is 527 g/mol. The van der Waals surface area contributed by atoms with E-state index in [0.29, 0.717) is 17.8 Å². The van der Waals surface area contributed by atoms with Gasteiger partial charge < -0.3 is 25.6 Å². The number of aryl methyl sites for hydroxylation is 2. The first-order valence-corrected chi connectivity index (χ1v) is 13.7. The molecule has 3 N–H and O–H groups in total. The van der Waals surface area contributed by atoms with Gasteiger partial charge in [0.25, 0.3) is 5.91 Å². The summed E-state index contributed by atoms with van der Waals surface area (Å²) in [5.74, 6) is -0.143. The molecule has 0 aliphatic carbocycles. The number of amides is 3. The number of morpholine rings is 1. The number of carbonyl (C=O) groups is 2. The fraction of sp³-hybridized carbons (Fsp3) is 0.355. The Morgan fingerprint density at radius 3 is 2.38 bits per heavy atom. The van der Waals surface area contributed by atoms with E-state index in [1.807, 2.05) is 44.2 Å². The molecule has 0 aromatic heterocycles. The van der Waals surface area contributed by atoms with Gasteiger partial charge in [0, 0.05) is 56.3 Å². The van der Waals surface area contributed by atoms with Gasteiger partial charge in [0.05, 0.1) is 18.8 Å². The van der Waals surface area contributed by atoms with Gasteiger partial charge in [-0.05, 0) is 60.7 Å². The Kier molecular flexibility index (Phi) is 8.44. The fourth-order valence-corrected chi connectivity index (χ4v) is 5.31. The Hall–Kier alpha value is -3.88. The Morgan fingerprint density at radius 1 is 0.872 bits per heavy atom. The molecule has 204 valence electrons. The van der Waals surface area contributed by atoms with Crippen molar-refractivity contribution in [1.82, 2.24) is 10.2 Å². The first-order chi connectivity index (χ1) is 19.0. The Morgan fingerprint density at radius 2 is 1.62 bits per heavy atom. The highest BCUT2D eigenvalue weighted by Gasteiger charge is 2.22. The summed E-state index contributed by atoms with van der Waals surface area (Å²) >= 11 is 0. The minimum absolute atomic E-state index is 0.143. The molecular weight excluding hydrogens is 490 g/mol. The minimum Gasteiger partial charge on any atom is -0.379 e. The quantitative estimate of drug-likeness (QED) is 0.419. The lowest BCUT2D eigenvalue weighted by Crippen LogP contribution is -2.41. The highest BCUT2D eigenvalue weighted by molar-refractivity contribution is 6.04. The second-order valence-electron chi connectivity index (χ2n) is 10.2. The van der Waals surface area contributed by atoms with E-state index in [2.05, 4.69) is 50.0 Å². The van der Waals surface area contributed by atoms with Crippen LogP contribution in [-0.4, -0.2) is 62.8 Å². The molecule has 0 unspecified atom stereocenters. The molecule has 2 aliphatic heterocycles. The molecule has 0 bridgehead atoms. The second kappa shape index (κ2) is 12.3. The maximum atomic E-state index is 13.5. The standard InChI is InChI=1S/C31H37N5O3/c1-22-6-5-7-23(2)29(22)34-31(38)33-26-10-11-28(36-14-12-24-8-3-4-9-25(24)21-36)27(20-26)30(37)32-13-15-35-16-18-39-19-17-35/h3-11,20H,12-19,21H2,1-2H3,(H,32,37)(H2,33,34,38). The maximum absolute atomic E-state index is 13.5. The van der Waals surface area contributed by atoms with Crippen LogP contribution in [0.3, 0.4) is 0 Å². The van der Waals surface area contributed by atoms with Crippen molar-refractivity contribution in [2.45, 2.75) is 26.8 Å². The Labute approximate surface area is 230 Å². The molecule has 1 saturated heterocycles. The molecule has 0 radical (unpaired) electrons. The molecule has 8 heteroatoms. The highest BCUT2D eigenvalue weighted by atomic mass is 16.5. The van der Waals surface area contributed by atoms with Crippen LogP contribution in [0.25, 0.3) is 0 Å². The second-order valence-corrected chi connectivity index (χ2v) is 10.2. The maximum Gasteiger partial charge on any atom is 0.323 e. The van der Waals surface area contributed by atoms with Crippen molar-refractivity contribution in [2.75, 3.05) is 61.5 Å². The number of carbonyl (C=O) groups excluding carboxylic acids is 2. The Bertz CT molecular complexity index is 1320. The number of hydrogen-bond acceptors (Lipinski definition) is 5. The number of nitrogens with one attached hydrogen (secondary N) is 3. The molecule has 3 aromatic rings. The molecule has 8 nitrogen and oxygen atoms in total. The molecule has 2 heterocycles. The van der Waals surface area contributed by atoms with E-state index >= 15 is 0 Å². The average molecular weight is 528 g/mol. The van der Waals surface area contributed by atoms with E-state index < -0.39 is 0 Å². The topological polar surface area (TPSA) is 85.9 Å². The number of rotatable bonds is 7. The Balaban J connectivity index is 1.34. The van der Waals surface area contributed by atoms with E-state index in [1.165, 1.54) is 11.1 Å². The first kappa shape index (κ1) is 26.7. The summed E-state index contributed by atoms with van der Waals surface area (Å²) in [5.41, 5.74) is 7.40. The molecule has 0 atom stereocenters. The molecule has 0 saturated carbocycles. The van der Waals surface area contributed by atoms with Gasteiger partial charge >= 0.3 is 6.03 Å². The lowest BCUT2D eigenvalue weighted by molar-refractivity contribution is 0.0383. The van der Waals surface area contributed by atoms with Crippen LogP contribution in [0.2, 0.25) is 0 Å². The normalized spacial score (nSPS) is 15.4. The summed E-state index contributed by atoms with van der Waals surface area (Å²) in [4.78, 5) is 30.9. The molecule has 5 rings (SSSR count). The van der Waals surface area contributed by atoms with Crippen molar-refractivity contribution in [1.29, 1.82) is 0 Å². The van der Waals surface area contributed by atoms with Gasteiger partial charge in [-0.3, -0.25) is 9.69 Å². The average Bonchev–Trinajstić information content (AvgIpc) is 2.95. The summed E-state index contributed by atoms with van der Waals surface area (Å²) in [6.45, 7) is 10.0. The van der Waals surface area contributed by atoms with Crippen molar-refractivity contribution < 1.29 is 14.3 Å². The van der Waals surface area contributed by atoms with Crippen molar-refractivity contribution in [2.24, 2.45) is 0 Å². The SMILES string of the molecule is Cc1cccc(C)c1NC(=O)Nc1ccc(N2CCc3ccccc3C2)c(C(=O)NCCN2CCOCC2)c1. The number of anilines is 3. The van der Waals surface area contributed by atoms with Gasteiger partial charge in [0.2, 0.25) is 0 Å². The van der Waals surface area contributed by atoms with Crippen molar-refractivity contribution in [3.8, 4) is 0 Å². The lowest BCUT2D eigenvalue weighted by atomic mass is 9.98. The van der Waals surface area contributed by atoms with Gasteiger partial charge in [-0.15, -0.1) is 0 Å². The first-order valence-electron chi connectivity index (χ1n) is 13.7. The predicted octanol–water partition coefficient (Wildman–Crippen LogP) is 4.57. The smallest absolute Gasteiger partial charge is 0.323 e. The molecule has 3 amide bonds. The van der Waals surface area contributed by atoms with Gasteiger partial charge in [-0.2, -0.15) is 0 Å². The van der Waals surface area contributed by atoms with Gasteiger partial charge in [0.1, 0.15) is 0 Å². The van der Waals surface area contributed by atoms with Crippen LogP contribution in [0.4, 0.5) is 21.9 Å². The van der Waals surface area contributed by atoms with Crippen LogP contribution in [0, 0.1) is 13.8 Å². The summed E-state index contributed by atoms with van der Waals surface area (Å²) in [7, 11) is 0. The molecular formula is C31H37N5O3. The number of hydrogen-bond donors (Lipinski definition) is 3. The number of ether oxygens (including phenoxy) is 1. The van der Waals surface area contributed by atoms with E-state index in [-0.39, 0.29) is 11.9 Å². The van der Waals surface area contributed by atoms with E-state index in [0.717, 1.165) is 74.9 Å². The van der Waals surface area contributed by atoms with Crippen LogP contribution >= 0.6 is 0 Å². The van der Waals surface area contributed by atoms with Crippen LogP contribution < -0.4 is 20.9 Å². The fourth-order valence-electron chi connectivity index (χ4n) is 5.31. The van der Waals surface area contributed by atoms with E-state index in [4.69, 9.17) is 4.74 Å². The van der Waals surface area contributed by atoms with Crippen molar-refractivity contribution in [3.63, 3.8) is 0 Å². The molecule has 1 fully saturated rings. The van der Waals surface area contributed by atoms with Gasteiger partial charge in [0.15, 0.2) is 0 Å². The molecule has 2 aliphatic rings. The van der Waals surface area contributed by atoms with Gasteiger partial charge in [-0.25, -0.2) is 4.79 Å². The summed E-state index contributed by atoms with van der Waals surface area (Å²) in [6, 6.07) is 19.6. The minimum atomic E-state index is -0.342. The summed E-state index contributed by atoms with van der Waals surface area (Å²) < 4.78 is 5.43. The van der Waals surface area contributed by atoms with Crippen LogP contribution in [0.1, 0.15) is 32.6 Å². The number of nitrogens with zero attached hydrogens (tertiary/aromatic N) is 2. The third-order valence-corrected chi connectivity index (χ3v) is 7.51. The number of urea groups is 1. The van der Waals surface area contributed by atoms with Crippen LogP contribution in [0.5, 0.6) is 0 Å². The predicted molar refractivity (Wildman–Crippen MR) is 156 cm³/mol. The zero-order valence-electron chi connectivity index (χ0n) is 22.8. The third kappa shape index (κ3) is 6.58. The third-order valence-electron chi connectivity index (χ3n) is 7.51. The zero-order chi connectivity index (χ0) is 27.2. The van der Waals surface area contributed by atoms with Crippen LogP contribution in [0.15, 0.2) is 60.7 Å². The lowest BCUT2D eigenvalue weighted by Gasteiger charge is -2.32. The largest absolute Gasteiger partial charge is 0.379 e. The van der Waals surface area contributed by atoms with E-state index in [1.54, 1.807) is 6.07 Å². The van der Waals surface area contributed by atoms with Crippen molar-refractivity contribution in [3.05, 3.63) is 88.5 Å². The number of fused-ring (bicyclic) bond motifs is 1. The summed E-state index contributed by atoms with van der Waals surface area (Å²) in [5, 5.41) is 8.99. The van der Waals surface area contributed by atoms with Crippen LogP contribution in [-0.2, 0) is 17.7 Å². The molecule has 39 heavy (non-hydrogen) atoms. The van der Waals surface area contributed by atoms with Crippen molar-refractivity contribution >= 4 is 29.0 Å². The van der Waals surface area contributed by atoms with Gasteiger partial charge in [-0.1, -0.05) is 42.5 Å².